The summed E-state index contributed by atoms with van der Waals surface area (Å²) < 4.78 is 15.0. The third kappa shape index (κ3) is 5.39. The first-order valence-electron chi connectivity index (χ1n) is 19.2. The van der Waals surface area contributed by atoms with Gasteiger partial charge in [-0.3, -0.25) is 0 Å². The molecule has 2 aliphatic carbocycles. The highest BCUT2D eigenvalue weighted by atomic mass is 31.2. The maximum Gasteiger partial charge on any atom is 0.171 e. The van der Waals surface area contributed by atoms with Crippen molar-refractivity contribution in [1.82, 2.24) is 0 Å². The molecule has 270 valence electrons. The highest BCUT2D eigenvalue weighted by molar-refractivity contribution is 7.85. The van der Waals surface area contributed by atoms with E-state index in [1.165, 1.54) is 27.8 Å². The van der Waals surface area contributed by atoms with Gasteiger partial charge in [0.05, 0.1) is 11.1 Å². The molecule has 0 aromatic heterocycles. The summed E-state index contributed by atoms with van der Waals surface area (Å²) in [5.74, 6) is 0.578. The smallest absolute Gasteiger partial charge is 0.171 e. The van der Waals surface area contributed by atoms with Crippen molar-refractivity contribution >= 4 is 46.9 Å². The number of benzene rings is 8. The van der Waals surface area contributed by atoms with E-state index in [9.17, 15) is 0 Å². The van der Waals surface area contributed by atoms with Gasteiger partial charge >= 0.3 is 0 Å². The molecule has 0 bridgehead atoms. The van der Waals surface area contributed by atoms with Crippen LogP contribution in [0.1, 0.15) is 33.4 Å². The van der Waals surface area contributed by atoms with Crippen molar-refractivity contribution in [3.8, 4) is 22.3 Å². The first-order valence-corrected chi connectivity index (χ1v) is 20.9. The Labute approximate surface area is 333 Å². The van der Waals surface area contributed by atoms with Gasteiger partial charge in [0, 0.05) is 32.6 Å². The molecular weight excluding hydrogens is 712 g/mol. The number of fused-ring (bicyclic) bond motifs is 7. The third-order valence-electron chi connectivity index (χ3n) is 11.5. The molecule has 0 saturated carbocycles. The van der Waals surface area contributed by atoms with Crippen LogP contribution >= 0.6 is 7.14 Å². The van der Waals surface area contributed by atoms with Gasteiger partial charge in [-0.05, 0) is 51.2 Å². The highest BCUT2D eigenvalue weighted by Crippen LogP contribution is 2.64. The second-order valence-electron chi connectivity index (χ2n) is 14.5. The zero-order chi connectivity index (χ0) is 38.4. The fraction of sp³-hybridized carbons (Fsp3) is 0.0189. The number of amidine groups is 1. The molecule has 0 fully saturated rings. The van der Waals surface area contributed by atoms with E-state index in [0.717, 1.165) is 55.0 Å². The Balaban J connectivity index is 1.15. The number of rotatable bonds is 7. The van der Waals surface area contributed by atoms with Gasteiger partial charge in [-0.2, -0.15) is 0 Å². The molecule has 0 atom stereocenters. The molecular formula is C53H37N2OP. The molecule has 10 rings (SSSR count). The Bertz CT molecular complexity index is 2830. The van der Waals surface area contributed by atoms with Crippen molar-refractivity contribution in [2.75, 3.05) is 0 Å². The zero-order valence-electron chi connectivity index (χ0n) is 31.2. The zero-order valence-corrected chi connectivity index (χ0v) is 32.1. The Kier molecular flexibility index (Phi) is 8.47. The molecule has 3 nitrogen and oxygen atoms in total. The van der Waals surface area contributed by atoms with Crippen LogP contribution in [-0.2, 0) is 9.98 Å². The lowest BCUT2D eigenvalue weighted by Gasteiger charge is -2.32. The molecule has 0 heterocycles. The number of hydrogen-bond donors (Lipinski definition) is 0. The van der Waals surface area contributed by atoms with Gasteiger partial charge in [-0.15, -0.1) is 0 Å². The van der Waals surface area contributed by atoms with Crippen LogP contribution in [0.5, 0.6) is 0 Å². The molecule has 0 N–H and O–H groups in total. The van der Waals surface area contributed by atoms with Gasteiger partial charge in [0.2, 0.25) is 0 Å². The molecule has 8 aromatic carbocycles. The van der Waals surface area contributed by atoms with Crippen molar-refractivity contribution < 1.29 is 4.57 Å². The average molecular weight is 749 g/mol. The van der Waals surface area contributed by atoms with Crippen LogP contribution in [0.3, 0.4) is 0 Å². The molecule has 0 unspecified atom stereocenters. The molecule has 1 spiro atoms. The number of nitrogens with zero attached hydrogens (tertiary/aromatic N) is 2. The molecule has 0 aliphatic heterocycles. The van der Waals surface area contributed by atoms with Gasteiger partial charge in [0.15, 0.2) is 13.0 Å². The first kappa shape index (κ1) is 34.6. The molecule has 4 heteroatoms. The predicted molar refractivity (Wildman–Crippen MR) is 239 cm³/mol. The summed E-state index contributed by atoms with van der Waals surface area (Å²) in [6.45, 7) is 3.97. The van der Waals surface area contributed by atoms with Crippen molar-refractivity contribution in [1.29, 1.82) is 0 Å². The van der Waals surface area contributed by atoms with Crippen LogP contribution in [0.4, 0.5) is 0 Å². The Hall–Kier alpha value is -6.93. The first-order chi connectivity index (χ1) is 28.1. The second kappa shape index (κ2) is 14.0. The maximum absolute atomic E-state index is 15.0. The summed E-state index contributed by atoms with van der Waals surface area (Å²) in [5.41, 5.74) is 12.7. The molecule has 8 aromatic rings. The topological polar surface area (TPSA) is 41.8 Å². The minimum Gasteiger partial charge on any atom is -0.309 e. The van der Waals surface area contributed by atoms with Crippen molar-refractivity contribution in [2.24, 2.45) is 9.98 Å². The quantitative estimate of drug-likeness (QED) is 0.0909. The Morgan fingerprint density at radius 1 is 0.421 bits per heavy atom. The Morgan fingerprint density at radius 2 is 0.807 bits per heavy atom. The van der Waals surface area contributed by atoms with Gasteiger partial charge in [0.25, 0.3) is 0 Å². The lowest BCUT2D eigenvalue weighted by atomic mass is 9.68. The van der Waals surface area contributed by atoms with E-state index in [4.69, 9.17) is 4.99 Å². The minimum atomic E-state index is -3.08. The fourth-order valence-electron chi connectivity index (χ4n) is 9.03. The second-order valence-corrected chi connectivity index (χ2v) is 17.2. The summed E-state index contributed by atoms with van der Waals surface area (Å²) >= 11 is 0. The van der Waals surface area contributed by atoms with Crippen molar-refractivity contribution in [3.05, 3.63) is 246 Å². The summed E-state index contributed by atoms with van der Waals surface area (Å²) in [4.78, 5) is 9.92. The van der Waals surface area contributed by atoms with E-state index in [0.29, 0.717) is 5.84 Å². The number of aliphatic imine (C=N–C) groups is 2. The number of allylic oxidation sites excluding steroid dienone is 1. The van der Waals surface area contributed by atoms with Gasteiger partial charge in [-0.25, -0.2) is 9.98 Å². The van der Waals surface area contributed by atoms with E-state index in [1.54, 1.807) is 0 Å². The summed E-state index contributed by atoms with van der Waals surface area (Å²) in [5, 5.41) is 2.45. The van der Waals surface area contributed by atoms with E-state index in [-0.39, 0.29) is 0 Å². The molecule has 2 aliphatic rings. The highest BCUT2D eigenvalue weighted by Gasteiger charge is 2.53. The monoisotopic (exact) mass is 748 g/mol. The molecule has 0 saturated heterocycles. The summed E-state index contributed by atoms with van der Waals surface area (Å²) in [6.07, 6.45) is 0. The van der Waals surface area contributed by atoms with Gasteiger partial charge in [-0.1, -0.05) is 212 Å². The lowest BCUT2D eigenvalue weighted by molar-refractivity contribution is 0.592. The standard InChI is InChI=1S/C53H37N2OP/c1-54-52(40-17-5-2-6-18-40)55-51-46-25-13-16-28-49(46)53(47-26-14-11-23-44(47)45-24-12-15-27-48(45)53)50(51)39-31-29-37(30-32-39)38-33-35-43(36-34-38)57(56,41-19-7-3-8-20-41)42-21-9-4-10-22-42/h2-36H,1H2. The van der Waals surface area contributed by atoms with Crippen LogP contribution < -0.4 is 15.9 Å². The maximum atomic E-state index is 15.0. The van der Waals surface area contributed by atoms with E-state index in [2.05, 4.69) is 121 Å². The lowest BCUT2D eigenvalue weighted by Crippen LogP contribution is -2.26. The number of hydrogen-bond acceptors (Lipinski definition) is 2. The molecule has 0 amide bonds. The van der Waals surface area contributed by atoms with E-state index >= 15 is 4.57 Å². The van der Waals surface area contributed by atoms with Crippen LogP contribution in [0, 0.1) is 0 Å². The summed E-state index contributed by atoms with van der Waals surface area (Å²) in [7, 11) is -3.08. The van der Waals surface area contributed by atoms with Crippen LogP contribution in [-0.4, -0.2) is 12.6 Å². The normalized spacial score (nSPS) is 13.9. The van der Waals surface area contributed by atoms with E-state index < -0.39 is 12.6 Å². The van der Waals surface area contributed by atoms with Gasteiger partial charge in [0.1, 0.15) is 0 Å². The largest absolute Gasteiger partial charge is 0.309 e. The van der Waals surface area contributed by atoms with E-state index in [1.807, 2.05) is 103 Å². The predicted octanol–water partition coefficient (Wildman–Crippen LogP) is 11.3. The molecule has 57 heavy (non-hydrogen) atoms. The molecule has 0 radical (unpaired) electrons. The third-order valence-corrected chi connectivity index (χ3v) is 14.6. The van der Waals surface area contributed by atoms with Gasteiger partial charge < -0.3 is 4.57 Å². The van der Waals surface area contributed by atoms with Crippen LogP contribution in [0.2, 0.25) is 0 Å². The average Bonchev–Trinajstić information content (AvgIpc) is 3.75. The van der Waals surface area contributed by atoms with Crippen LogP contribution in [0.15, 0.2) is 222 Å². The SMILES string of the molecule is C=NC(=NC1=C(c2ccc(-c3ccc(P(=O)(c4ccccc4)c4ccccc4)cc3)cc2)C2(c3ccccc31)c1ccccc1-c1ccccc12)c1ccccc1. The van der Waals surface area contributed by atoms with Crippen molar-refractivity contribution in [3.63, 3.8) is 0 Å². The fourth-order valence-corrected chi connectivity index (χ4v) is 11.7. The Morgan fingerprint density at radius 3 is 1.32 bits per heavy atom. The van der Waals surface area contributed by atoms with Crippen molar-refractivity contribution in [2.45, 2.75) is 5.41 Å². The minimum absolute atomic E-state index is 0.578. The summed E-state index contributed by atoms with van der Waals surface area (Å²) in [6, 6.07) is 73.1. The van der Waals surface area contributed by atoms with Crippen LogP contribution in [0.25, 0.3) is 33.5 Å².